The topological polar surface area (TPSA) is 68.5 Å². The summed E-state index contributed by atoms with van der Waals surface area (Å²) in [6, 6.07) is 15.2. The van der Waals surface area contributed by atoms with E-state index in [-0.39, 0.29) is 11.9 Å². The Bertz CT molecular complexity index is 1090. The summed E-state index contributed by atoms with van der Waals surface area (Å²) in [5.74, 6) is 0.367. The highest BCUT2D eigenvalue weighted by Gasteiger charge is 2.09. The van der Waals surface area contributed by atoms with Crippen LogP contribution in [0.4, 0.5) is 5.69 Å². The van der Waals surface area contributed by atoms with Crippen molar-refractivity contribution in [3.8, 4) is 11.3 Å². The number of hydrogen-bond donors (Lipinski definition) is 1. The number of amides is 1. The van der Waals surface area contributed by atoms with Gasteiger partial charge in [-0.05, 0) is 67.1 Å². The minimum absolute atomic E-state index is 0.333. The van der Waals surface area contributed by atoms with Crippen molar-refractivity contribution in [1.82, 2.24) is 0 Å². The molecule has 0 aliphatic carbocycles. The Morgan fingerprint density at radius 3 is 2.55 bits per heavy atom. The van der Waals surface area contributed by atoms with E-state index in [0.717, 1.165) is 12.8 Å². The van der Waals surface area contributed by atoms with Gasteiger partial charge in [-0.1, -0.05) is 36.5 Å². The van der Waals surface area contributed by atoms with Gasteiger partial charge in [-0.25, -0.2) is 4.79 Å². The van der Waals surface area contributed by atoms with Crippen molar-refractivity contribution >= 4 is 46.8 Å². The van der Waals surface area contributed by atoms with Gasteiger partial charge in [-0.15, -0.1) is 0 Å². The summed E-state index contributed by atoms with van der Waals surface area (Å²) >= 11 is 12.1. The number of benzene rings is 2. The lowest BCUT2D eigenvalue weighted by Gasteiger charge is -2.05. The lowest BCUT2D eigenvalue weighted by molar-refractivity contribution is -0.111. The van der Waals surface area contributed by atoms with E-state index in [1.54, 1.807) is 60.7 Å². The SMILES string of the molecule is CCCCOC(=O)c1ccc(NC(=O)/C=C/c2ccc(-c3ccc(Cl)cc3Cl)o2)cc1. The van der Waals surface area contributed by atoms with Crippen molar-refractivity contribution in [2.75, 3.05) is 11.9 Å². The number of unbranched alkanes of at least 4 members (excludes halogenated alkanes) is 1. The van der Waals surface area contributed by atoms with Gasteiger partial charge < -0.3 is 14.5 Å². The highest BCUT2D eigenvalue weighted by molar-refractivity contribution is 6.36. The zero-order valence-corrected chi connectivity index (χ0v) is 18.4. The molecule has 3 rings (SSSR count). The Hall–Kier alpha value is -3.02. The molecule has 0 spiro atoms. The molecule has 0 aliphatic heterocycles. The van der Waals surface area contributed by atoms with Crippen LogP contribution in [-0.2, 0) is 9.53 Å². The molecule has 3 aromatic rings. The van der Waals surface area contributed by atoms with Crippen LogP contribution < -0.4 is 5.32 Å². The van der Waals surface area contributed by atoms with Crippen LogP contribution in [0.3, 0.4) is 0 Å². The first-order valence-corrected chi connectivity index (χ1v) is 10.5. The van der Waals surface area contributed by atoms with Crippen LogP contribution in [0.25, 0.3) is 17.4 Å². The van der Waals surface area contributed by atoms with Crippen LogP contribution in [0.5, 0.6) is 0 Å². The van der Waals surface area contributed by atoms with E-state index in [4.69, 9.17) is 32.4 Å². The number of halogens is 2. The molecule has 0 saturated carbocycles. The van der Waals surface area contributed by atoms with Crippen molar-refractivity contribution in [3.05, 3.63) is 82.0 Å². The summed E-state index contributed by atoms with van der Waals surface area (Å²) in [5, 5.41) is 3.75. The molecule has 2 aromatic carbocycles. The number of anilines is 1. The van der Waals surface area contributed by atoms with E-state index >= 15 is 0 Å². The molecule has 160 valence electrons. The number of nitrogens with one attached hydrogen (secondary N) is 1. The summed E-state index contributed by atoms with van der Waals surface area (Å²) < 4.78 is 10.9. The van der Waals surface area contributed by atoms with Gasteiger partial charge in [-0.3, -0.25) is 4.79 Å². The number of carbonyl (C=O) groups excluding carboxylic acids is 2. The largest absolute Gasteiger partial charge is 0.462 e. The maximum Gasteiger partial charge on any atom is 0.338 e. The number of ether oxygens (including phenoxy) is 1. The minimum atomic E-state index is -0.374. The number of rotatable bonds is 8. The molecule has 0 atom stereocenters. The second-order valence-corrected chi connectivity index (χ2v) is 7.56. The fourth-order valence-corrected chi connectivity index (χ4v) is 3.20. The van der Waals surface area contributed by atoms with Gasteiger partial charge in [0.15, 0.2) is 0 Å². The molecular weight excluding hydrogens is 437 g/mol. The summed E-state index contributed by atoms with van der Waals surface area (Å²) in [6.07, 6.45) is 4.71. The summed E-state index contributed by atoms with van der Waals surface area (Å²) in [5.41, 5.74) is 1.71. The number of esters is 1. The molecule has 0 fully saturated rings. The molecule has 1 amide bonds. The van der Waals surface area contributed by atoms with Gasteiger partial charge in [0, 0.05) is 22.3 Å². The fourth-order valence-electron chi connectivity index (χ4n) is 2.70. The summed E-state index contributed by atoms with van der Waals surface area (Å²) in [6.45, 7) is 2.43. The zero-order chi connectivity index (χ0) is 22.2. The molecule has 0 aliphatic rings. The quantitative estimate of drug-likeness (QED) is 0.227. The van der Waals surface area contributed by atoms with Crippen LogP contribution in [-0.4, -0.2) is 18.5 Å². The Labute approximate surface area is 190 Å². The molecular formula is C24H21Cl2NO4. The maximum absolute atomic E-state index is 12.2. The summed E-state index contributed by atoms with van der Waals surface area (Å²) in [7, 11) is 0. The standard InChI is InChI=1S/C24H21Cl2NO4/c1-2-3-14-30-24(29)16-4-7-18(8-5-16)27-23(28)13-10-19-9-12-22(31-19)20-11-6-17(25)15-21(20)26/h4-13,15H,2-3,14H2,1H3,(H,27,28)/b13-10+. The van der Waals surface area contributed by atoms with E-state index < -0.39 is 0 Å². The van der Waals surface area contributed by atoms with Crippen molar-refractivity contribution < 1.29 is 18.7 Å². The molecule has 7 heteroatoms. The van der Waals surface area contributed by atoms with E-state index in [9.17, 15) is 9.59 Å². The molecule has 31 heavy (non-hydrogen) atoms. The Balaban J connectivity index is 1.57. The molecule has 0 unspecified atom stereocenters. The lowest BCUT2D eigenvalue weighted by atomic mass is 10.2. The van der Waals surface area contributed by atoms with Gasteiger partial charge >= 0.3 is 5.97 Å². The normalized spacial score (nSPS) is 10.9. The third-order valence-electron chi connectivity index (χ3n) is 4.34. The van der Waals surface area contributed by atoms with Crippen LogP contribution in [0.2, 0.25) is 10.0 Å². The monoisotopic (exact) mass is 457 g/mol. The third-order valence-corrected chi connectivity index (χ3v) is 4.89. The highest BCUT2D eigenvalue weighted by atomic mass is 35.5. The second-order valence-electron chi connectivity index (χ2n) is 6.72. The molecule has 0 bridgehead atoms. The van der Waals surface area contributed by atoms with Gasteiger partial charge in [0.25, 0.3) is 0 Å². The molecule has 1 N–H and O–H groups in total. The first-order valence-electron chi connectivity index (χ1n) is 9.78. The van der Waals surface area contributed by atoms with Gasteiger partial charge in [0.05, 0.1) is 17.2 Å². The molecule has 1 heterocycles. The molecule has 0 radical (unpaired) electrons. The van der Waals surface area contributed by atoms with Crippen LogP contribution in [0.15, 0.2) is 65.1 Å². The van der Waals surface area contributed by atoms with Crippen molar-refractivity contribution in [2.45, 2.75) is 19.8 Å². The average Bonchev–Trinajstić information content (AvgIpc) is 3.21. The zero-order valence-electron chi connectivity index (χ0n) is 16.9. The molecule has 5 nitrogen and oxygen atoms in total. The Morgan fingerprint density at radius 2 is 1.84 bits per heavy atom. The predicted octanol–water partition coefficient (Wildman–Crippen LogP) is 6.86. The van der Waals surface area contributed by atoms with E-state index in [1.807, 2.05) is 6.92 Å². The van der Waals surface area contributed by atoms with Crippen molar-refractivity contribution in [1.29, 1.82) is 0 Å². The molecule has 1 aromatic heterocycles. The lowest BCUT2D eigenvalue weighted by Crippen LogP contribution is -2.09. The van der Waals surface area contributed by atoms with Gasteiger partial charge in [-0.2, -0.15) is 0 Å². The smallest absolute Gasteiger partial charge is 0.338 e. The highest BCUT2D eigenvalue weighted by Crippen LogP contribution is 2.31. The first kappa shape index (κ1) is 22.7. The minimum Gasteiger partial charge on any atom is -0.462 e. The second kappa shape index (κ2) is 10.8. The fraction of sp³-hybridized carbons (Fsp3) is 0.167. The van der Waals surface area contributed by atoms with Crippen LogP contribution in [0.1, 0.15) is 35.9 Å². The number of carbonyl (C=O) groups is 2. The van der Waals surface area contributed by atoms with Gasteiger partial charge in [0.2, 0.25) is 5.91 Å². The third kappa shape index (κ3) is 6.48. The number of hydrogen-bond acceptors (Lipinski definition) is 4. The average molecular weight is 458 g/mol. The van der Waals surface area contributed by atoms with Crippen molar-refractivity contribution in [3.63, 3.8) is 0 Å². The Kier molecular flexibility index (Phi) is 7.93. The van der Waals surface area contributed by atoms with Gasteiger partial charge in [0.1, 0.15) is 11.5 Å². The first-order chi connectivity index (χ1) is 15.0. The van der Waals surface area contributed by atoms with E-state index in [0.29, 0.717) is 45.0 Å². The predicted molar refractivity (Wildman–Crippen MR) is 123 cm³/mol. The maximum atomic E-state index is 12.2. The van der Waals surface area contributed by atoms with Crippen molar-refractivity contribution in [2.24, 2.45) is 0 Å². The van der Waals surface area contributed by atoms with E-state index in [1.165, 1.54) is 6.08 Å². The van der Waals surface area contributed by atoms with E-state index in [2.05, 4.69) is 5.32 Å². The summed E-state index contributed by atoms with van der Waals surface area (Å²) in [4.78, 5) is 24.1. The molecule has 0 saturated heterocycles. The van der Waals surface area contributed by atoms with Crippen LogP contribution in [0, 0.1) is 0 Å². The Morgan fingerprint density at radius 1 is 1.06 bits per heavy atom. The van der Waals surface area contributed by atoms with Crippen LogP contribution >= 0.6 is 23.2 Å². The number of furan rings is 1.